The van der Waals surface area contributed by atoms with E-state index in [0.717, 1.165) is 19.3 Å². The molecule has 1 aliphatic rings. The summed E-state index contributed by atoms with van der Waals surface area (Å²) < 4.78 is 1.66. The van der Waals surface area contributed by atoms with Crippen LogP contribution in [0.25, 0.3) is 11.0 Å². The molecular weight excluding hydrogens is 276 g/mol. The third-order valence-corrected chi connectivity index (χ3v) is 5.18. The molecule has 1 aromatic heterocycles. The van der Waals surface area contributed by atoms with Crippen molar-refractivity contribution in [2.45, 2.75) is 30.6 Å². The summed E-state index contributed by atoms with van der Waals surface area (Å²) in [6.07, 6.45) is 5.11. The van der Waals surface area contributed by atoms with Crippen LogP contribution in [0.15, 0.2) is 23.0 Å². The number of hydrogen-bond donors (Lipinski definition) is 2. The summed E-state index contributed by atoms with van der Waals surface area (Å²) in [6, 6.07) is 5.04. The number of imidazole rings is 1. The molecular formula is C14H16N2O3S. The van der Waals surface area contributed by atoms with Gasteiger partial charge in [-0.3, -0.25) is 4.57 Å². The molecule has 3 rings (SSSR count). The van der Waals surface area contributed by atoms with E-state index in [1.807, 2.05) is 6.26 Å². The Balaban J connectivity index is 2.27. The van der Waals surface area contributed by atoms with Crippen LogP contribution < -0.4 is 5.69 Å². The molecule has 2 atom stereocenters. The first-order valence-electron chi connectivity index (χ1n) is 6.63. The normalized spacial score (nSPS) is 22.4. The standard InChI is InChI=1S/C14H16N2O3S/c1-20-11-7-3-6-10(11)16-12-8(13(17)18)4-2-5-9(12)15-14(16)19/h2,4-5,10-11H,3,6-7H2,1H3,(H,15,19)(H,17,18). The number of aromatic nitrogens is 2. The Morgan fingerprint density at radius 1 is 1.45 bits per heavy atom. The number of aromatic amines is 1. The van der Waals surface area contributed by atoms with E-state index in [2.05, 4.69) is 4.98 Å². The van der Waals surface area contributed by atoms with Crippen LogP contribution >= 0.6 is 11.8 Å². The van der Waals surface area contributed by atoms with Crippen molar-refractivity contribution >= 4 is 28.8 Å². The molecule has 0 radical (unpaired) electrons. The van der Waals surface area contributed by atoms with Gasteiger partial charge in [0.25, 0.3) is 0 Å². The number of nitrogens with one attached hydrogen (secondary N) is 1. The fraction of sp³-hybridized carbons (Fsp3) is 0.429. The number of fused-ring (bicyclic) bond motifs is 1. The maximum atomic E-state index is 12.3. The summed E-state index contributed by atoms with van der Waals surface area (Å²) in [7, 11) is 0. The Morgan fingerprint density at radius 2 is 2.25 bits per heavy atom. The van der Waals surface area contributed by atoms with Gasteiger partial charge in [-0.1, -0.05) is 12.5 Å². The Kier molecular flexibility index (Phi) is 3.33. The summed E-state index contributed by atoms with van der Waals surface area (Å²) in [5, 5.41) is 9.72. The van der Waals surface area contributed by atoms with Gasteiger partial charge >= 0.3 is 11.7 Å². The van der Waals surface area contributed by atoms with Crippen molar-refractivity contribution in [3.05, 3.63) is 34.2 Å². The summed E-state index contributed by atoms with van der Waals surface area (Å²) in [5.74, 6) is -0.998. The molecule has 0 saturated heterocycles. The number of H-pyrrole nitrogens is 1. The summed E-state index contributed by atoms with van der Waals surface area (Å²) in [4.78, 5) is 26.5. The Morgan fingerprint density at radius 3 is 2.95 bits per heavy atom. The number of hydrogen-bond acceptors (Lipinski definition) is 3. The lowest BCUT2D eigenvalue weighted by atomic mass is 10.1. The molecule has 2 N–H and O–H groups in total. The second-order valence-corrected chi connectivity index (χ2v) is 6.16. The van der Waals surface area contributed by atoms with Crippen molar-refractivity contribution in [1.82, 2.24) is 9.55 Å². The molecule has 1 aliphatic carbocycles. The van der Waals surface area contributed by atoms with Crippen LogP contribution in [0.4, 0.5) is 0 Å². The van der Waals surface area contributed by atoms with Crippen LogP contribution in [0.3, 0.4) is 0 Å². The van der Waals surface area contributed by atoms with Gasteiger partial charge in [-0.05, 0) is 31.2 Å². The number of para-hydroxylation sites is 1. The van der Waals surface area contributed by atoms with Crippen molar-refractivity contribution in [1.29, 1.82) is 0 Å². The fourth-order valence-corrected chi connectivity index (χ4v) is 4.12. The van der Waals surface area contributed by atoms with Gasteiger partial charge in [-0.25, -0.2) is 9.59 Å². The molecule has 2 aromatic rings. The molecule has 106 valence electrons. The van der Waals surface area contributed by atoms with Crippen LogP contribution in [-0.2, 0) is 0 Å². The Labute approximate surface area is 120 Å². The number of carboxylic acid groups (broad SMARTS) is 1. The van der Waals surface area contributed by atoms with Crippen molar-refractivity contribution in [2.75, 3.05) is 6.26 Å². The van der Waals surface area contributed by atoms with E-state index >= 15 is 0 Å². The molecule has 0 bridgehead atoms. The number of benzene rings is 1. The average Bonchev–Trinajstić information content (AvgIpc) is 2.99. The maximum Gasteiger partial charge on any atom is 0.337 e. The predicted octanol–water partition coefficient (Wildman–Crippen LogP) is 2.48. The highest BCUT2D eigenvalue weighted by molar-refractivity contribution is 7.99. The predicted molar refractivity (Wildman–Crippen MR) is 79.7 cm³/mol. The van der Waals surface area contributed by atoms with Gasteiger partial charge in [0.2, 0.25) is 0 Å². The first kappa shape index (κ1) is 13.3. The van der Waals surface area contributed by atoms with Crippen molar-refractivity contribution < 1.29 is 9.90 Å². The van der Waals surface area contributed by atoms with E-state index in [1.165, 1.54) is 0 Å². The third-order valence-electron chi connectivity index (χ3n) is 4.02. The molecule has 6 heteroatoms. The molecule has 5 nitrogen and oxygen atoms in total. The Hall–Kier alpha value is -1.69. The number of carbonyl (C=O) groups is 1. The topological polar surface area (TPSA) is 75.1 Å². The minimum Gasteiger partial charge on any atom is -0.478 e. The molecule has 1 aromatic carbocycles. The Bertz CT molecular complexity index is 719. The zero-order valence-corrected chi connectivity index (χ0v) is 11.9. The van der Waals surface area contributed by atoms with E-state index in [9.17, 15) is 14.7 Å². The SMILES string of the molecule is CSC1CCCC1n1c(=O)[nH]c2cccc(C(=O)O)c21. The van der Waals surface area contributed by atoms with Gasteiger partial charge in [-0.2, -0.15) is 11.8 Å². The van der Waals surface area contributed by atoms with Crippen LogP contribution in [0, 0.1) is 0 Å². The summed E-state index contributed by atoms with van der Waals surface area (Å²) >= 11 is 1.75. The van der Waals surface area contributed by atoms with Crippen LogP contribution in [0.1, 0.15) is 35.7 Å². The first-order chi connectivity index (χ1) is 9.63. The number of thioether (sulfide) groups is 1. The highest BCUT2D eigenvalue weighted by Crippen LogP contribution is 2.38. The third kappa shape index (κ3) is 1.95. The second-order valence-electron chi connectivity index (χ2n) is 5.08. The summed E-state index contributed by atoms with van der Waals surface area (Å²) in [5.41, 5.74) is 1.10. The highest BCUT2D eigenvalue weighted by Gasteiger charge is 2.31. The van der Waals surface area contributed by atoms with E-state index in [-0.39, 0.29) is 17.3 Å². The van der Waals surface area contributed by atoms with Crippen molar-refractivity contribution in [3.8, 4) is 0 Å². The van der Waals surface area contributed by atoms with Gasteiger partial charge in [0, 0.05) is 5.25 Å². The highest BCUT2D eigenvalue weighted by atomic mass is 32.2. The lowest BCUT2D eigenvalue weighted by Gasteiger charge is -2.19. The van der Waals surface area contributed by atoms with Crippen LogP contribution in [0.2, 0.25) is 0 Å². The molecule has 0 spiro atoms. The largest absolute Gasteiger partial charge is 0.478 e. The maximum absolute atomic E-state index is 12.3. The molecule has 0 amide bonds. The zero-order chi connectivity index (χ0) is 14.3. The smallest absolute Gasteiger partial charge is 0.337 e. The number of aromatic carboxylic acids is 1. The molecule has 1 fully saturated rings. The van der Waals surface area contributed by atoms with Gasteiger partial charge in [0.15, 0.2) is 0 Å². The lowest BCUT2D eigenvalue weighted by molar-refractivity contribution is 0.0698. The molecule has 2 unspecified atom stereocenters. The van der Waals surface area contributed by atoms with Crippen molar-refractivity contribution in [3.63, 3.8) is 0 Å². The number of rotatable bonds is 3. The quantitative estimate of drug-likeness (QED) is 0.911. The minimum atomic E-state index is -0.998. The van der Waals surface area contributed by atoms with E-state index < -0.39 is 5.97 Å². The van der Waals surface area contributed by atoms with Gasteiger partial charge in [0.1, 0.15) is 0 Å². The number of nitrogens with zero attached hydrogens (tertiary/aromatic N) is 1. The molecule has 0 aliphatic heterocycles. The van der Waals surface area contributed by atoms with Crippen LogP contribution in [-0.4, -0.2) is 32.1 Å². The monoisotopic (exact) mass is 292 g/mol. The number of carboxylic acids is 1. The molecule has 1 saturated carbocycles. The van der Waals surface area contributed by atoms with E-state index in [1.54, 1.807) is 34.5 Å². The zero-order valence-electron chi connectivity index (χ0n) is 11.1. The summed E-state index contributed by atoms with van der Waals surface area (Å²) in [6.45, 7) is 0. The fourth-order valence-electron chi connectivity index (χ4n) is 3.15. The first-order valence-corrected chi connectivity index (χ1v) is 7.91. The van der Waals surface area contributed by atoms with Gasteiger partial charge in [0.05, 0.1) is 22.6 Å². The van der Waals surface area contributed by atoms with Crippen molar-refractivity contribution in [2.24, 2.45) is 0 Å². The van der Waals surface area contributed by atoms with E-state index in [4.69, 9.17) is 0 Å². The van der Waals surface area contributed by atoms with Gasteiger partial charge in [-0.15, -0.1) is 0 Å². The lowest BCUT2D eigenvalue weighted by Crippen LogP contribution is -2.26. The average molecular weight is 292 g/mol. The molecule has 20 heavy (non-hydrogen) atoms. The van der Waals surface area contributed by atoms with Gasteiger partial charge < -0.3 is 10.1 Å². The van der Waals surface area contributed by atoms with E-state index in [0.29, 0.717) is 16.3 Å². The minimum absolute atomic E-state index is 0.0757. The molecule has 1 heterocycles. The second kappa shape index (κ2) is 5.01. The van der Waals surface area contributed by atoms with Crippen LogP contribution in [0.5, 0.6) is 0 Å².